The Morgan fingerprint density at radius 2 is 2.19 bits per heavy atom. The monoisotopic (exact) mass is 364 g/mol. The number of rotatable bonds is 7. The van der Waals surface area contributed by atoms with Crippen molar-refractivity contribution < 1.29 is 5.11 Å². The lowest BCUT2D eigenvalue weighted by molar-refractivity contribution is 0.178. The number of nitrogens with zero attached hydrogens (tertiary/aromatic N) is 7. The van der Waals surface area contributed by atoms with Crippen LogP contribution in [0, 0.1) is 17.2 Å². The molecule has 9 nitrogen and oxygen atoms in total. The van der Waals surface area contributed by atoms with Crippen LogP contribution in [0.15, 0.2) is 30.7 Å². The summed E-state index contributed by atoms with van der Waals surface area (Å²) in [4.78, 5) is 15.2. The number of nitriles is 1. The number of aromatic nitrogens is 5. The molecule has 0 aromatic carbocycles. The Labute approximate surface area is 156 Å². The van der Waals surface area contributed by atoms with Crippen molar-refractivity contribution in [3.05, 3.63) is 36.4 Å². The molecule has 138 valence electrons. The number of nitrogens with one attached hydrogen (secondary N) is 1. The predicted molar refractivity (Wildman–Crippen MR) is 99.9 cm³/mol. The fraction of sp³-hybridized carbons (Fsp3) is 0.389. The largest absolute Gasteiger partial charge is 0.372 e. The van der Waals surface area contributed by atoms with Gasteiger partial charge < -0.3 is 15.3 Å². The summed E-state index contributed by atoms with van der Waals surface area (Å²) in [5, 5.41) is 26.4. The van der Waals surface area contributed by atoms with Crippen molar-refractivity contribution in [2.24, 2.45) is 5.92 Å². The van der Waals surface area contributed by atoms with Gasteiger partial charge in [-0.25, -0.2) is 19.6 Å². The molecule has 9 heteroatoms. The zero-order valence-corrected chi connectivity index (χ0v) is 14.9. The molecule has 1 fully saturated rings. The number of aliphatic hydroxyl groups is 1. The van der Waals surface area contributed by atoms with Gasteiger partial charge in [-0.1, -0.05) is 0 Å². The lowest BCUT2D eigenvalue weighted by atomic mass is 10.3. The molecule has 0 bridgehead atoms. The third-order valence-electron chi connectivity index (χ3n) is 4.51. The third-order valence-corrected chi connectivity index (χ3v) is 4.51. The highest BCUT2D eigenvalue weighted by molar-refractivity contribution is 5.71. The van der Waals surface area contributed by atoms with Crippen LogP contribution in [0.5, 0.6) is 0 Å². The lowest BCUT2D eigenvalue weighted by Gasteiger charge is -2.18. The SMILES string of the molecule is CN(CC1CC1)c1cnc2cnn(CC(O)Nc3ccc(C#N)nc3)c2n1. The first-order valence-electron chi connectivity index (χ1n) is 8.83. The van der Waals surface area contributed by atoms with Gasteiger partial charge in [0.05, 0.1) is 30.8 Å². The Morgan fingerprint density at radius 3 is 2.89 bits per heavy atom. The Bertz CT molecular complexity index is 973. The van der Waals surface area contributed by atoms with Crippen LogP contribution in [-0.4, -0.2) is 49.7 Å². The molecule has 0 aliphatic heterocycles. The van der Waals surface area contributed by atoms with E-state index >= 15 is 0 Å². The third kappa shape index (κ3) is 3.96. The number of fused-ring (bicyclic) bond motifs is 1. The van der Waals surface area contributed by atoms with Crippen LogP contribution < -0.4 is 10.2 Å². The van der Waals surface area contributed by atoms with Crippen LogP contribution in [0.4, 0.5) is 11.5 Å². The second kappa shape index (κ2) is 7.17. The summed E-state index contributed by atoms with van der Waals surface area (Å²) in [6.45, 7) is 1.18. The fourth-order valence-corrected chi connectivity index (χ4v) is 2.89. The van der Waals surface area contributed by atoms with Gasteiger partial charge in [-0.05, 0) is 30.9 Å². The first-order valence-corrected chi connectivity index (χ1v) is 8.83. The van der Waals surface area contributed by atoms with Gasteiger partial charge in [-0.15, -0.1) is 0 Å². The van der Waals surface area contributed by atoms with Crippen molar-refractivity contribution in [1.29, 1.82) is 5.26 Å². The van der Waals surface area contributed by atoms with Crippen LogP contribution in [-0.2, 0) is 6.54 Å². The van der Waals surface area contributed by atoms with E-state index in [4.69, 9.17) is 5.26 Å². The van der Waals surface area contributed by atoms with Gasteiger partial charge in [0.1, 0.15) is 29.3 Å². The Hall–Kier alpha value is -3.25. The summed E-state index contributed by atoms with van der Waals surface area (Å²) in [5.41, 5.74) is 2.26. The van der Waals surface area contributed by atoms with Crippen molar-refractivity contribution in [3.8, 4) is 6.07 Å². The van der Waals surface area contributed by atoms with Gasteiger partial charge in [0.25, 0.3) is 0 Å². The summed E-state index contributed by atoms with van der Waals surface area (Å²) in [7, 11) is 2.02. The molecular formula is C18H20N8O. The second-order valence-corrected chi connectivity index (χ2v) is 6.79. The molecule has 3 aromatic heterocycles. The standard InChI is InChI=1S/C18H20N8O/c1-25(10-12-2-3-12)16-9-21-15-8-22-26(18(15)24-16)11-17(27)23-14-5-4-13(6-19)20-7-14/h4-5,7-9,12,17,23,27H,2-3,10-11H2,1H3. The van der Waals surface area contributed by atoms with E-state index in [-0.39, 0.29) is 6.54 Å². The Balaban J connectivity index is 1.47. The molecule has 0 amide bonds. The molecule has 1 unspecified atom stereocenters. The van der Waals surface area contributed by atoms with Crippen molar-refractivity contribution in [3.63, 3.8) is 0 Å². The maximum absolute atomic E-state index is 10.3. The average molecular weight is 364 g/mol. The first kappa shape index (κ1) is 17.2. The molecule has 3 aromatic rings. The van der Waals surface area contributed by atoms with Crippen LogP contribution in [0.1, 0.15) is 18.5 Å². The minimum atomic E-state index is -0.891. The van der Waals surface area contributed by atoms with Crippen molar-refractivity contribution in [2.45, 2.75) is 25.6 Å². The van der Waals surface area contributed by atoms with Crippen molar-refractivity contribution in [1.82, 2.24) is 24.7 Å². The highest BCUT2D eigenvalue weighted by Crippen LogP contribution is 2.30. The van der Waals surface area contributed by atoms with Crippen LogP contribution in [0.25, 0.3) is 11.2 Å². The number of hydrogen-bond acceptors (Lipinski definition) is 8. The highest BCUT2D eigenvalue weighted by Gasteiger charge is 2.23. The van der Waals surface area contributed by atoms with E-state index in [0.717, 1.165) is 18.3 Å². The number of hydrogen-bond donors (Lipinski definition) is 2. The van der Waals surface area contributed by atoms with Crippen LogP contribution in [0.3, 0.4) is 0 Å². The van der Waals surface area contributed by atoms with Gasteiger partial charge in [0, 0.05) is 13.6 Å². The first-order chi connectivity index (χ1) is 13.1. The molecule has 4 rings (SSSR count). The molecular weight excluding hydrogens is 344 g/mol. The molecule has 1 aliphatic carbocycles. The van der Waals surface area contributed by atoms with Crippen molar-refractivity contribution >= 4 is 22.7 Å². The molecule has 0 spiro atoms. The van der Waals surface area contributed by atoms with Gasteiger partial charge in [0.2, 0.25) is 0 Å². The molecule has 27 heavy (non-hydrogen) atoms. The number of pyridine rings is 1. The van der Waals surface area contributed by atoms with Crippen molar-refractivity contribution in [2.75, 3.05) is 23.8 Å². The molecule has 0 radical (unpaired) electrons. The van der Waals surface area contributed by atoms with E-state index in [2.05, 4.69) is 30.3 Å². The molecule has 3 heterocycles. The van der Waals surface area contributed by atoms with Gasteiger partial charge >= 0.3 is 0 Å². The molecule has 1 saturated carbocycles. The highest BCUT2D eigenvalue weighted by atomic mass is 16.3. The van der Waals surface area contributed by atoms with E-state index in [9.17, 15) is 5.11 Å². The van der Waals surface area contributed by atoms with E-state index in [1.54, 1.807) is 29.2 Å². The van der Waals surface area contributed by atoms with E-state index in [1.807, 2.05) is 13.1 Å². The minimum absolute atomic E-state index is 0.202. The summed E-state index contributed by atoms with van der Waals surface area (Å²) < 4.78 is 1.63. The van der Waals surface area contributed by atoms with Gasteiger partial charge in [0.15, 0.2) is 5.65 Å². The van der Waals surface area contributed by atoms with E-state index in [0.29, 0.717) is 22.5 Å². The lowest BCUT2D eigenvalue weighted by Crippen LogP contribution is -2.26. The summed E-state index contributed by atoms with van der Waals surface area (Å²) in [6, 6.07) is 5.24. The van der Waals surface area contributed by atoms with Gasteiger partial charge in [-0.3, -0.25) is 0 Å². The number of anilines is 2. The minimum Gasteiger partial charge on any atom is -0.372 e. The Kier molecular flexibility index (Phi) is 4.56. The smallest absolute Gasteiger partial charge is 0.179 e. The van der Waals surface area contributed by atoms with Crippen LogP contribution >= 0.6 is 0 Å². The van der Waals surface area contributed by atoms with E-state index in [1.165, 1.54) is 19.0 Å². The topological polar surface area (TPSA) is 116 Å². The summed E-state index contributed by atoms with van der Waals surface area (Å²) in [6.07, 6.45) is 6.57. The van der Waals surface area contributed by atoms with Gasteiger partial charge in [-0.2, -0.15) is 10.4 Å². The fourth-order valence-electron chi connectivity index (χ4n) is 2.89. The van der Waals surface area contributed by atoms with E-state index < -0.39 is 6.23 Å². The average Bonchev–Trinajstić information content (AvgIpc) is 3.41. The summed E-state index contributed by atoms with van der Waals surface area (Å²) >= 11 is 0. The Morgan fingerprint density at radius 1 is 1.33 bits per heavy atom. The zero-order valence-electron chi connectivity index (χ0n) is 14.9. The quantitative estimate of drug-likeness (QED) is 0.604. The maximum atomic E-state index is 10.3. The molecule has 1 atom stereocenters. The predicted octanol–water partition coefficient (Wildman–Crippen LogP) is 1.37. The summed E-state index contributed by atoms with van der Waals surface area (Å²) in [5.74, 6) is 1.55. The normalized spacial score (nSPS) is 14.7. The maximum Gasteiger partial charge on any atom is 0.179 e. The molecule has 2 N–H and O–H groups in total. The molecule has 0 saturated heterocycles. The molecule has 1 aliphatic rings. The van der Waals surface area contributed by atoms with Crippen LogP contribution in [0.2, 0.25) is 0 Å². The zero-order chi connectivity index (χ0) is 18.8. The second-order valence-electron chi connectivity index (χ2n) is 6.79. The number of aliphatic hydroxyl groups excluding tert-OH is 1.